The van der Waals surface area contributed by atoms with E-state index < -0.39 is 0 Å². The molecule has 1 aliphatic heterocycles. The number of likely N-dealkylation sites (tertiary alicyclic amines) is 1. The Balaban J connectivity index is 1.74. The molecule has 2 aromatic heterocycles. The van der Waals surface area contributed by atoms with Crippen LogP contribution in [0.25, 0.3) is 11.4 Å². The quantitative estimate of drug-likeness (QED) is 0.867. The number of aromatic nitrogens is 4. The predicted molar refractivity (Wildman–Crippen MR) is 87.6 cm³/mol. The number of nitrogens with zero attached hydrogens (tertiary/aromatic N) is 5. The maximum Gasteiger partial charge on any atom is 0.219 e. The van der Waals surface area contributed by atoms with Gasteiger partial charge in [-0.15, -0.1) is 0 Å². The summed E-state index contributed by atoms with van der Waals surface area (Å²) >= 11 is 0. The molecule has 0 aliphatic carbocycles. The molecular formula is C17H23N5O. The number of piperidine rings is 1. The summed E-state index contributed by atoms with van der Waals surface area (Å²) in [4.78, 5) is 22.3. The average Bonchev–Trinajstić information content (AvgIpc) is 3.04. The van der Waals surface area contributed by atoms with Gasteiger partial charge < -0.3 is 4.90 Å². The molecule has 122 valence electrons. The van der Waals surface area contributed by atoms with Gasteiger partial charge in [0.25, 0.3) is 0 Å². The number of carbonyl (C=O) groups excluding carboxylic acids is 1. The molecule has 1 aliphatic rings. The fourth-order valence-electron chi connectivity index (χ4n) is 3.26. The van der Waals surface area contributed by atoms with Gasteiger partial charge >= 0.3 is 0 Å². The zero-order valence-corrected chi connectivity index (χ0v) is 13.8. The lowest BCUT2D eigenvalue weighted by Crippen LogP contribution is -2.39. The van der Waals surface area contributed by atoms with Crippen LogP contribution in [0.1, 0.15) is 32.4 Å². The van der Waals surface area contributed by atoms with Crippen LogP contribution in [0.4, 0.5) is 0 Å². The Morgan fingerprint density at radius 2 is 2.26 bits per heavy atom. The van der Waals surface area contributed by atoms with Gasteiger partial charge in [-0.2, -0.15) is 5.10 Å². The van der Waals surface area contributed by atoms with Crippen LogP contribution in [0.15, 0.2) is 24.7 Å². The lowest BCUT2D eigenvalue weighted by molar-refractivity contribution is -0.130. The lowest BCUT2D eigenvalue weighted by atomic mass is 9.93. The fraction of sp³-hybridized carbons (Fsp3) is 0.529. The first-order valence-electron chi connectivity index (χ1n) is 8.26. The lowest BCUT2D eigenvalue weighted by Gasteiger charge is -2.31. The molecule has 0 bridgehead atoms. The van der Waals surface area contributed by atoms with E-state index in [1.807, 2.05) is 15.6 Å². The van der Waals surface area contributed by atoms with Crippen LogP contribution in [0.5, 0.6) is 0 Å². The van der Waals surface area contributed by atoms with Crippen LogP contribution in [0, 0.1) is 5.92 Å². The second-order valence-corrected chi connectivity index (χ2v) is 6.10. The second-order valence-electron chi connectivity index (χ2n) is 6.10. The molecule has 23 heavy (non-hydrogen) atoms. The largest absolute Gasteiger partial charge is 0.343 e. The number of amides is 1. The molecule has 1 atom stereocenters. The minimum Gasteiger partial charge on any atom is -0.343 e. The van der Waals surface area contributed by atoms with Crippen molar-refractivity contribution in [1.82, 2.24) is 24.6 Å². The minimum atomic E-state index is 0.171. The highest BCUT2D eigenvalue weighted by Crippen LogP contribution is 2.22. The van der Waals surface area contributed by atoms with Gasteiger partial charge in [-0.3, -0.25) is 9.48 Å². The van der Waals surface area contributed by atoms with Crippen LogP contribution in [-0.2, 0) is 17.8 Å². The van der Waals surface area contributed by atoms with Gasteiger partial charge in [-0.05, 0) is 44.2 Å². The molecular weight excluding hydrogens is 290 g/mol. The fourth-order valence-corrected chi connectivity index (χ4v) is 3.26. The number of rotatable bonds is 4. The average molecular weight is 313 g/mol. The van der Waals surface area contributed by atoms with Crippen LogP contribution in [0.2, 0.25) is 0 Å². The van der Waals surface area contributed by atoms with E-state index in [1.165, 1.54) is 0 Å². The third-order valence-corrected chi connectivity index (χ3v) is 4.46. The first-order valence-corrected chi connectivity index (χ1v) is 8.26. The molecule has 3 rings (SSSR count). The van der Waals surface area contributed by atoms with Gasteiger partial charge in [-0.25, -0.2) is 9.97 Å². The Bertz CT molecular complexity index is 681. The van der Waals surface area contributed by atoms with E-state index in [9.17, 15) is 4.79 Å². The molecule has 0 aromatic carbocycles. The zero-order chi connectivity index (χ0) is 16.2. The van der Waals surface area contributed by atoms with Crippen molar-refractivity contribution >= 4 is 5.91 Å². The van der Waals surface area contributed by atoms with Gasteiger partial charge in [0, 0.05) is 38.4 Å². The van der Waals surface area contributed by atoms with E-state index in [0.717, 1.165) is 56.0 Å². The minimum absolute atomic E-state index is 0.171. The van der Waals surface area contributed by atoms with Crippen LogP contribution in [-0.4, -0.2) is 43.6 Å². The van der Waals surface area contributed by atoms with Crippen molar-refractivity contribution in [2.24, 2.45) is 5.92 Å². The third-order valence-electron chi connectivity index (χ3n) is 4.46. The molecule has 6 nitrogen and oxygen atoms in total. The van der Waals surface area contributed by atoms with Gasteiger partial charge in [0.15, 0.2) is 0 Å². The van der Waals surface area contributed by atoms with Crippen LogP contribution >= 0.6 is 0 Å². The highest BCUT2D eigenvalue weighted by atomic mass is 16.2. The molecule has 1 fully saturated rings. The normalized spacial score (nSPS) is 18.2. The van der Waals surface area contributed by atoms with E-state index in [0.29, 0.717) is 5.92 Å². The van der Waals surface area contributed by atoms with Gasteiger partial charge in [0.2, 0.25) is 5.91 Å². The first-order chi connectivity index (χ1) is 11.2. The van der Waals surface area contributed by atoms with Gasteiger partial charge in [-0.1, -0.05) is 0 Å². The molecule has 6 heteroatoms. The highest BCUT2D eigenvalue weighted by Gasteiger charge is 2.22. The number of carbonyl (C=O) groups is 1. The molecule has 2 aromatic rings. The summed E-state index contributed by atoms with van der Waals surface area (Å²) in [7, 11) is 0. The molecule has 0 unspecified atom stereocenters. The standard InChI is InChI=1S/C17H23N5O/c1-3-22-17(6-7-20-22)16-10-15(18-12-19-16)9-14-5-4-8-21(11-14)13(2)23/h6-7,10,12,14H,3-5,8-9,11H2,1-2H3/t14-/m1/s1. The summed E-state index contributed by atoms with van der Waals surface area (Å²) in [6.45, 7) is 6.25. The number of aryl methyl sites for hydroxylation is 1. The molecule has 0 radical (unpaired) electrons. The van der Waals surface area contributed by atoms with Crippen molar-refractivity contribution in [2.45, 2.75) is 39.7 Å². The van der Waals surface area contributed by atoms with Crippen molar-refractivity contribution in [3.63, 3.8) is 0 Å². The van der Waals surface area contributed by atoms with Crippen LogP contribution in [0.3, 0.4) is 0 Å². The van der Waals surface area contributed by atoms with E-state index >= 15 is 0 Å². The van der Waals surface area contributed by atoms with Crippen molar-refractivity contribution in [3.05, 3.63) is 30.4 Å². The summed E-state index contributed by atoms with van der Waals surface area (Å²) in [5.41, 5.74) is 2.97. The van der Waals surface area contributed by atoms with Crippen molar-refractivity contribution < 1.29 is 4.79 Å². The Morgan fingerprint density at radius 3 is 3.04 bits per heavy atom. The Labute approximate surface area is 136 Å². The molecule has 0 saturated carbocycles. The molecule has 0 spiro atoms. The maximum atomic E-state index is 11.6. The van der Waals surface area contributed by atoms with Crippen molar-refractivity contribution in [3.8, 4) is 11.4 Å². The van der Waals surface area contributed by atoms with Gasteiger partial charge in [0.05, 0.1) is 11.4 Å². The summed E-state index contributed by atoms with van der Waals surface area (Å²) in [6, 6.07) is 4.03. The Kier molecular flexibility index (Phi) is 4.69. The summed E-state index contributed by atoms with van der Waals surface area (Å²) in [5, 5.41) is 4.30. The topological polar surface area (TPSA) is 63.9 Å². The van der Waals surface area contributed by atoms with Crippen molar-refractivity contribution in [1.29, 1.82) is 0 Å². The van der Waals surface area contributed by atoms with Crippen LogP contribution < -0.4 is 0 Å². The summed E-state index contributed by atoms with van der Waals surface area (Å²) < 4.78 is 1.93. The molecule has 1 saturated heterocycles. The molecule has 3 heterocycles. The zero-order valence-electron chi connectivity index (χ0n) is 13.8. The molecule has 0 N–H and O–H groups in total. The smallest absolute Gasteiger partial charge is 0.219 e. The van der Waals surface area contributed by atoms with E-state index in [4.69, 9.17) is 0 Å². The van der Waals surface area contributed by atoms with E-state index in [1.54, 1.807) is 19.4 Å². The Morgan fingerprint density at radius 1 is 1.39 bits per heavy atom. The Hall–Kier alpha value is -2.24. The maximum absolute atomic E-state index is 11.6. The third kappa shape index (κ3) is 3.57. The van der Waals surface area contributed by atoms with E-state index in [-0.39, 0.29) is 5.91 Å². The number of hydrogen-bond acceptors (Lipinski definition) is 4. The first kappa shape index (κ1) is 15.6. The number of hydrogen-bond donors (Lipinski definition) is 0. The second kappa shape index (κ2) is 6.89. The van der Waals surface area contributed by atoms with E-state index in [2.05, 4.69) is 28.1 Å². The van der Waals surface area contributed by atoms with Crippen molar-refractivity contribution in [2.75, 3.05) is 13.1 Å². The SMILES string of the molecule is CCn1nccc1-c1cc(C[C@H]2CCCN(C(C)=O)C2)ncn1. The highest BCUT2D eigenvalue weighted by molar-refractivity contribution is 5.73. The van der Waals surface area contributed by atoms with Gasteiger partial charge in [0.1, 0.15) is 6.33 Å². The predicted octanol–water partition coefficient (Wildman–Crippen LogP) is 2.16. The molecule has 1 amide bonds. The monoisotopic (exact) mass is 313 g/mol. The summed E-state index contributed by atoms with van der Waals surface area (Å²) in [6.07, 6.45) is 6.54. The summed E-state index contributed by atoms with van der Waals surface area (Å²) in [5.74, 6) is 0.649.